The van der Waals surface area contributed by atoms with Crippen LogP contribution in [0, 0.1) is 0 Å². The molecule has 3 rings (SSSR count). The number of rotatable bonds is 4. The van der Waals surface area contributed by atoms with Gasteiger partial charge in [0.1, 0.15) is 4.67 Å². The van der Waals surface area contributed by atoms with E-state index in [9.17, 15) is 0 Å². The van der Waals surface area contributed by atoms with Gasteiger partial charge in [0.2, 0.25) is 0 Å². The van der Waals surface area contributed by atoms with Gasteiger partial charge in [-0.2, -0.15) is 0 Å². The molecule has 0 atom stereocenters. The smallest absolute Gasteiger partial charge is 0.136 e. The van der Waals surface area contributed by atoms with Crippen LogP contribution in [0.3, 0.4) is 0 Å². The Kier molecular flexibility index (Phi) is 5.41. The van der Waals surface area contributed by atoms with E-state index in [-0.39, 0.29) is 0 Å². The Balaban J connectivity index is 2.15. The second-order valence-corrected chi connectivity index (χ2v) is 8.60. The summed E-state index contributed by atoms with van der Waals surface area (Å²) in [6.45, 7) is 0. The summed E-state index contributed by atoms with van der Waals surface area (Å²) in [6, 6.07) is 18.9. The van der Waals surface area contributed by atoms with E-state index in [1.807, 2.05) is 0 Å². The molecule has 0 saturated carbocycles. The van der Waals surface area contributed by atoms with Crippen LogP contribution in [0.15, 0.2) is 68.7 Å². The van der Waals surface area contributed by atoms with E-state index < -0.39 is 0 Å². The first kappa shape index (κ1) is 15.9. The third-order valence-corrected chi connectivity index (χ3v) is 7.63. The Morgan fingerprint density at radius 1 is 0.864 bits per heavy atom. The first-order valence-electron chi connectivity index (χ1n) is 6.73. The molecule has 1 heterocycles. The lowest BCUT2D eigenvalue weighted by Crippen LogP contribution is -1.97. The molecule has 0 saturated heterocycles. The third-order valence-electron chi connectivity index (χ3n) is 3.15. The Morgan fingerprint density at radius 3 is 2.41 bits per heavy atom. The minimum absolute atomic E-state index is 1.02. The van der Waals surface area contributed by atoms with Crippen molar-refractivity contribution < 1.29 is 0 Å². The minimum atomic E-state index is 1.02. The maximum Gasteiger partial charge on any atom is 0.136 e. The van der Waals surface area contributed by atoms with E-state index in [0.29, 0.717) is 0 Å². The van der Waals surface area contributed by atoms with Gasteiger partial charge < -0.3 is 0 Å². The van der Waals surface area contributed by atoms with Gasteiger partial charge in [-0.05, 0) is 36.3 Å². The van der Waals surface area contributed by atoms with Gasteiger partial charge in [0.05, 0.1) is 9.90 Å². The highest BCUT2D eigenvalue weighted by molar-refractivity contribution is 8.02. The van der Waals surface area contributed by atoms with Crippen molar-refractivity contribution in [1.82, 2.24) is 0 Å². The van der Waals surface area contributed by atoms with Crippen LogP contribution in [0.1, 0.15) is 0 Å². The van der Waals surface area contributed by atoms with Crippen LogP contribution in [0.4, 0.5) is 5.69 Å². The van der Waals surface area contributed by atoms with Crippen LogP contribution in [-0.2, 0) is 0 Å². The second-order valence-electron chi connectivity index (χ2n) is 4.52. The van der Waals surface area contributed by atoms with Crippen molar-refractivity contribution in [3.63, 3.8) is 0 Å². The first-order valence-corrected chi connectivity index (χ1v) is 11.3. The lowest BCUT2D eigenvalue weighted by atomic mass is 10.1. The van der Waals surface area contributed by atoms with Crippen molar-refractivity contribution >= 4 is 49.9 Å². The monoisotopic (exact) mass is 361 g/mol. The predicted octanol–water partition coefficient (Wildman–Crippen LogP) is 6.15. The summed E-state index contributed by atoms with van der Waals surface area (Å²) in [5.74, 6) is 0. The van der Waals surface area contributed by atoms with E-state index >= 15 is 0 Å². The molecule has 5 heteroatoms. The minimum Gasteiger partial charge on any atom is -0.237 e. The van der Waals surface area contributed by atoms with Crippen molar-refractivity contribution in [1.29, 1.82) is 0 Å². The highest BCUT2D eigenvalue weighted by Gasteiger charge is 2.11. The molecule has 22 heavy (non-hydrogen) atoms. The van der Waals surface area contributed by atoms with Gasteiger partial charge in [-0.3, -0.25) is 0 Å². The molecule has 0 bridgehead atoms. The van der Waals surface area contributed by atoms with Crippen molar-refractivity contribution in [2.75, 3.05) is 12.5 Å². The molecule has 2 aromatic carbocycles. The van der Waals surface area contributed by atoms with Gasteiger partial charge in [-0.25, -0.2) is 4.99 Å². The van der Waals surface area contributed by atoms with Crippen molar-refractivity contribution in [2.24, 2.45) is 4.99 Å². The molecule has 0 aliphatic rings. The summed E-state index contributed by atoms with van der Waals surface area (Å²) in [4.78, 5) is 6.14. The van der Waals surface area contributed by atoms with Gasteiger partial charge >= 0.3 is 0 Å². The summed E-state index contributed by atoms with van der Waals surface area (Å²) in [5.41, 5.74) is 3.52. The van der Waals surface area contributed by atoms with E-state index in [0.717, 1.165) is 10.4 Å². The van der Waals surface area contributed by atoms with Gasteiger partial charge in [-0.15, -0.1) is 23.5 Å². The average Bonchev–Trinajstić information content (AvgIpc) is 2.98. The van der Waals surface area contributed by atoms with Crippen LogP contribution in [0.25, 0.3) is 11.1 Å². The van der Waals surface area contributed by atoms with Gasteiger partial charge in [-0.1, -0.05) is 57.1 Å². The fraction of sp³-hybridized carbons (Fsp3) is 0.118. The zero-order valence-electron chi connectivity index (χ0n) is 12.3. The van der Waals surface area contributed by atoms with Gasteiger partial charge in [0.25, 0.3) is 0 Å². The molecule has 0 aliphatic heterocycles. The Labute approximate surface area is 146 Å². The molecule has 0 aliphatic carbocycles. The summed E-state index contributed by atoms with van der Waals surface area (Å²) >= 11 is 3.54. The molecule has 0 radical (unpaired) electrons. The fourth-order valence-electron chi connectivity index (χ4n) is 2.10. The molecular weight excluding hydrogens is 346 g/mol. The molecule has 1 aromatic heterocycles. The fourth-order valence-corrected chi connectivity index (χ4v) is 6.27. The molecule has 0 fully saturated rings. The van der Waals surface area contributed by atoms with Crippen molar-refractivity contribution in [3.8, 4) is 11.1 Å². The predicted molar refractivity (Wildman–Crippen MR) is 103 cm³/mol. The number of hydrogen-bond donors (Lipinski definition) is 0. The molecule has 112 valence electrons. The maximum atomic E-state index is 4.90. The van der Waals surface area contributed by atoms with Gasteiger partial charge in [0.15, 0.2) is 0 Å². The lowest BCUT2D eigenvalue weighted by Gasteiger charge is -2.01. The third kappa shape index (κ3) is 3.49. The quantitative estimate of drug-likeness (QED) is 0.408. The SMILES string of the molecule is CSc1cccc(N=c2ssc(SC)c2-c2ccccc2)c1. The largest absolute Gasteiger partial charge is 0.237 e. The normalized spacial score (nSPS) is 11.8. The molecule has 0 N–H and O–H groups in total. The first-order chi connectivity index (χ1) is 10.8. The lowest BCUT2D eigenvalue weighted by molar-refractivity contribution is 1.35. The number of thioether (sulfide) groups is 2. The van der Waals surface area contributed by atoms with E-state index in [4.69, 9.17) is 4.99 Å². The molecule has 1 nitrogen and oxygen atoms in total. The number of nitrogens with zero attached hydrogens (tertiary/aromatic N) is 1. The molecular formula is C17H15NS4. The number of hydrogen-bond acceptors (Lipinski definition) is 5. The Bertz CT molecular complexity index is 818. The topological polar surface area (TPSA) is 12.4 Å². The Hall–Kier alpha value is -1.01. The summed E-state index contributed by atoms with van der Waals surface area (Å²) in [7, 11) is 3.56. The van der Waals surface area contributed by atoms with Crippen molar-refractivity contribution in [2.45, 2.75) is 9.10 Å². The van der Waals surface area contributed by atoms with Crippen LogP contribution >= 0.6 is 44.2 Å². The zero-order chi connectivity index (χ0) is 15.4. The molecule has 3 aromatic rings. The van der Waals surface area contributed by atoms with Gasteiger partial charge in [0, 0.05) is 10.5 Å². The highest BCUT2D eigenvalue weighted by Crippen LogP contribution is 2.34. The Morgan fingerprint density at radius 2 is 1.68 bits per heavy atom. The van der Waals surface area contributed by atoms with Crippen LogP contribution in [0.5, 0.6) is 0 Å². The average molecular weight is 362 g/mol. The van der Waals surface area contributed by atoms with E-state index in [2.05, 4.69) is 67.1 Å². The molecule has 0 spiro atoms. The second kappa shape index (κ2) is 7.51. The maximum absolute atomic E-state index is 4.90. The van der Waals surface area contributed by atoms with Crippen LogP contribution in [-0.4, -0.2) is 12.5 Å². The summed E-state index contributed by atoms with van der Waals surface area (Å²) in [5, 5.41) is 0. The molecule has 0 amide bonds. The summed E-state index contributed by atoms with van der Waals surface area (Å²) in [6.07, 6.45) is 4.22. The van der Waals surface area contributed by atoms with Crippen molar-refractivity contribution in [3.05, 3.63) is 59.3 Å². The molecule has 0 unspecified atom stereocenters. The van der Waals surface area contributed by atoms with Crippen LogP contribution in [0.2, 0.25) is 0 Å². The summed E-state index contributed by atoms with van der Waals surface area (Å²) < 4.78 is 2.43. The number of benzene rings is 2. The zero-order valence-corrected chi connectivity index (χ0v) is 15.5. The highest BCUT2D eigenvalue weighted by atomic mass is 32.9. The standard InChI is InChI=1S/C17H15NS4/c1-19-14-10-6-9-13(11-14)18-16-15(17(20-2)22-21-16)12-7-4-3-5-8-12/h3-11H,1-2H3. The van der Waals surface area contributed by atoms with E-state index in [1.54, 1.807) is 44.2 Å². The van der Waals surface area contributed by atoms with E-state index in [1.165, 1.54) is 20.2 Å². The van der Waals surface area contributed by atoms with Crippen LogP contribution < -0.4 is 4.67 Å².